The molecular weight excluding hydrogens is 202 g/mol. The number of hydrogen-bond donors (Lipinski definition) is 1. The van der Waals surface area contributed by atoms with E-state index in [1.54, 1.807) is 6.20 Å². The van der Waals surface area contributed by atoms with Gasteiger partial charge in [-0.15, -0.1) is 0 Å². The number of pyridine rings is 1. The molecule has 4 nitrogen and oxygen atoms in total. The van der Waals surface area contributed by atoms with E-state index in [0.29, 0.717) is 18.5 Å². The third-order valence-electron chi connectivity index (χ3n) is 3.44. The van der Waals surface area contributed by atoms with Crippen LogP contribution in [0, 0.1) is 0 Å². The molecule has 0 radical (unpaired) electrons. The molecule has 1 N–H and O–H groups in total. The van der Waals surface area contributed by atoms with Crippen molar-refractivity contribution < 1.29 is 4.79 Å². The summed E-state index contributed by atoms with van der Waals surface area (Å²) in [4.78, 5) is 18.1. The number of piperidine rings is 1. The lowest BCUT2D eigenvalue weighted by Gasteiger charge is -2.31. The number of hydrogen-bond acceptors (Lipinski definition) is 3. The molecule has 0 aliphatic carbocycles. The predicted octanol–water partition coefficient (Wildman–Crippen LogP) is 0.939. The Morgan fingerprint density at radius 3 is 3.19 bits per heavy atom. The summed E-state index contributed by atoms with van der Waals surface area (Å²) in [5.74, 6) is 0.992. The SMILES string of the molecule is O=C1CC2NCCCC2N1c1ccccn1. The summed E-state index contributed by atoms with van der Waals surface area (Å²) in [5, 5.41) is 3.42. The molecular formula is C12H15N3O. The van der Waals surface area contributed by atoms with Gasteiger partial charge < -0.3 is 5.32 Å². The Morgan fingerprint density at radius 1 is 1.44 bits per heavy atom. The third kappa shape index (κ3) is 1.50. The summed E-state index contributed by atoms with van der Waals surface area (Å²) in [6.45, 7) is 1.03. The van der Waals surface area contributed by atoms with Crippen molar-refractivity contribution in [3.05, 3.63) is 24.4 Å². The molecule has 4 heteroatoms. The number of carbonyl (C=O) groups is 1. The highest BCUT2D eigenvalue weighted by Gasteiger charge is 2.41. The maximum absolute atomic E-state index is 12.0. The number of aromatic nitrogens is 1. The summed E-state index contributed by atoms with van der Waals surface area (Å²) in [5.41, 5.74) is 0. The first-order valence-corrected chi connectivity index (χ1v) is 5.83. The first kappa shape index (κ1) is 9.78. The molecule has 0 aromatic carbocycles. The molecule has 2 atom stereocenters. The molecule has 2 unspecified atom stereocenters. The number of rotatable bonds is 1. The molecule has 1 amide bonds. The lowest BCUT2D eigenvalue weighted by atomic mass is 9.99. The fraction of sp³-hybridized carbons (Fsp3) is 0.500. The molecule has 3 rings (SSSR count). The van der Waals surface area contributed by atoms with E-state index in [4.69, 9.17) is 0 Å². The molecule has 2 aliphatic rings. The molecule has 2 fully saturated rings. The average Bonchev–Trinajstić information content (AvgIpc) is 2.66. The standard InChI is InChI=1S/C12H15N3O/c16-12-8-9-10(4-3-7-13-9)15(12)11-5-1-2-6-14-11/h1-2,5-6,9-10,13H,3-4,7-8H2. The van der Waals surface area contributed by atoms with E-state index < -0.39 is 0 Å². The monoisotopic (exact) mass is 217 g/mol. The minimum absolute atomic E-state index is 0.197. The number of carbonyl (C=O) groups excluding carboxylic acids is 1. The van der Waals surface area contributed by atoms with Crippen molar-refractivity contribution in [2.24, 2.45) is 0 Å². The zero-order chi connectivity index (χ0) is 11.0. The molecule has 84 valence electrons. The van der Waals surface area contributed by atoms with Gasteiger partial charge in [-0.05, 0) is 31.5 Å². The highest BCUT2D eigenvalue weighted by molar-refractivity contribution is 5.96. The second kappa shape index (κ2) is 3.87. The molecule has 1 aromatic rings. The average molecular weight is 217 g/mol. The van der Waals surface area contributed by atoms with Crippen molar-refractivity contribution in [2.75, 3.05) is 11.4 Å². The van der Waals surface area contributed by atoms with Gasteiger partial charge in [0.25, 0.3) is 0 Å². The number of amides is 1. The van der Waals surface area contributed by atoms with E-state index in [0.717, 1.165) is 25.2 Å². The van der Waals surface area contributed by atoms with E-state index in [2.05, 4.69) is 10.3 Å². The van der Waals surface area contributed by atoms with E-state index in [1.165, 1.54) is 0 Å². The molecule has 0 bridgehead atoms. The number of nitrogens with zero attached hydrogens (tertiary/aromatic N) is 2. The van der Waals surface area contributed by atoms with E-state index in [9.17, 15) is 4.79 Å². The number of fused-ring (bicyclic) bond motifs is 1. The van der Waals surface area contributed by atoms with Crippen LogP contribution in [0.4, 0.5) is 5.82 Å². The highest BCUT2D eigenvalue weighted by Crippen LogP contribution is 2.29. The van der Waals surface area contributed by atoms with E-state index in [-0.39, 0.29) is 5.91 Å². The van der Waals surface area contributed by atoms with Crippen LogP contribution in [0.5, 0.6) is 0 Å². The quantitative estimate of drug-likeness (QED) is 0.761. The lowest BCUT2D eigenvalue weighted by molar-refractivity contribution is -0.117. The van der Waals surface area contributed by atoms with Crippen LogP contribution in [-0.2, 0) is 4.79 Å². The Hall–Kier alpha value is -1.42. The van der Waals surface area contributed by atoms with Gasteiger partial charge in [0.2, 0.25) is 5.91 Å². The topological polar surface area (TPSA) is 45.2 Å². The van der Waals surface area contributed by atoms with Gasteiger partial charge in [0.1, 0.15) is 5.82 Å². The lowest BCUT2D eigenvalue weighted by Crippen LogP contribution is -2.47. The molecule has 3 heterocycles. The van der Waals surface area contributed by atoms with Gasteiger partial charge in [0.15, 0.2) is 0 Å². The smallest absolute Gasteiger partial charge is 0.230 e. The maximum Gasteiger partial charge on any atom is 0.230 e. The van der Waals surface area contributed by atoms with Gasteiger partial charge in [-0.25, -0.2) is 4.98 Å². The highest BCUT2D eigenvalue weighted by atomic mass is 16.2. The Kier molecular flexibility index (Phi) is 2.36. The third-order valence-corrected chi connectivity index (χ3v) is 3.44. The summed E-state index contributed by atoms with van der Waals surface area (Å²) < 4.78 is 0. The second-order valence-corrected chi connectivity index (χ2v) is 4.43. The van der Waals surface area contributed by atoms with Crippen molar-refractivity contribution in [1.29, 1.82) is 0 Å². The number of anilines is 1. The second-order valence-electron chi connectivity index (χ2n) is 4.43. The van der Waals surface area contributed by atoms with Crippen LogP contribution in [0.1, 0.15) is 19.3 Å². The van der Waals surface area contributed by atoms with Crippen LogP contribution in [-0.4, -0.2) is 29.5 Å². The van der Waals surface area contributed by atoms with E-state index >= 15 is 0 Å². The predicted molar refractivity (Wildman–Crippen MR) is 61.2 cm³/mol. The van der Waals surface area contributed by atoms with Crippen molar-refractivity contribution in [2.45, 2.75) is 31.3 Å². The zero-order valence-corrected chi connectivity index (χ0v) is 9.10. The van der Waals surface area contributed by atoms with Crippen LogP contribution in [0.3, 0.4) is 0 Å². The Morgan fingerprint density at radius 2 is 2.38 bits per heavy atom. The number of nitrogens with one attached hydrogen (secondary N) is 1. The zero-order valence-electron chi connectivity index (χ0n) is 9.10. The normalized spacial score (nSPS) is 29.2. The molecule has 0 spiro atoms. The Balaban J connectivity index is 1.91. The molecule has 1 aromatic heterocycles. The van der Waals surface area contributed by atoms with Crippen LogP contribution in [0.25, 0.3) is 0 Å². The first-order chi connectivity index (χ1) is 7.86. The van der Waals surface area contributed by atoms with Crippen LogP contribution in [0.2, 0.25) is 0 Å². The van der Waals surface area contributed by atoms with Crippen LogP contribution in [0.15, 0.2) is 24.4 Å². The van der Waals surface area contributed by atoms with Gasteiger partial charge >= 0.3 is 0 Å². The summed E-state index contributed by atoms with van der Waals surface area (Å²) in [6, 6.07) is 6.34. The van der Waals surface area contributed by atoms with E-state index in [1.807, 2.05) is 23.1 Å². The summed E-state index contributed by atoms with van der Waals surface area (Å²) >= 11 is 0. The van der Waals surface area contributed by atoms with Crippen molar-refractivity contribution in [3.63, 3.8) is 0 Å². The van der Waals surface area contributed by atoms with Crippen LogP contribution >= 0.6 is 0 Å². The van der Waals surface area contributed by atoms with Gasteiger partial charge in [-0.2, -0.15) is 0 Å². The summed E-state index contributed by atoms with van der Waals surface area (Å²) in [7, 11) is 0. The van der Waals surface area contributed by atoms with Gasteiger partial charge in [0, 0.05) is 18.7 Å². The molecule has 2 aliphatic heterocycles. The first-order valence-electron chi connectivity index (χ1n) is 5.83. The minimum Gasteiger partial charge on any atom is -0.311 e. The minimum atomic E-state index is 0.197. The summed E-state index contributed by atoms with van der Waals surface area (Å²) in [6.07, 6.45) is 4.57. The molecule has 2 saturated heterocycles. The van der Waals surface area contributed by atoms with Crippen molar-refractivity contribution >= 4 is 11.7 Å². The van der Waals surface area contributed by atoms with Gasteiger partial charge in [0.05, 0.1) is 6.04 Å². The van der Waals surface area contributed by atoms with Crippen molar-refractivity contribution in [1.82, 2.24) is 10.3 Å². The maximum atomic E-state index is 12.0. The van der Waals surface area contributed by atoms with Gasteiger partial charge in [-0.1, -0.05) is 6.07 Å². The van der Waals surface area contributed by atoms with Crippen LogP contribution < -0.4 is 10.2 Å². The fourth-order valence-electron chi connectivity index (χ4n) is 2.72. The largest absolute Gasteiger partial charge is 0.311 e. The molecule has 0 saturated carbocycles. The van der Waals surface area contributed by atoms with Crippen molar-refractivity contribution in [3.8, 4) is 0 Å². The van der Waals surface area contributed by atoms with Gasteiger partial charge in [-0.3, -0.25) is 9.69 Å². The molecule has 16 heavy (non-hydrogen) atoms. The fourth-order valence-corrected chi connectivity index (χ4v) is 2.72. The Bertz CT molecular complexity index is 393. The Labute approximate surface area is 94.7 Å².